The minimum absolute atomic E-state index is 0.000681. The highest BCUT2D eigenvalue weighted by atomic mass is 16.5. The molecule has 0 saturated heterocycles. The Morgan fingerprint density at radius 3 is 1.85 bits per heavy atom. The van der Waals surface area contributed by atoms with E-state index in [9.17, 15) is 6.85 Å². The average Bonchev–Trinajstić information content (AvgIpc) is 1.69. The molecule has 0 atom stereocenters. The molecule has 1 aliphatic heterocycles. The van der Waals surface area contributed by atoms with E-state index in [4.69, 9.17) is 19.3 Å². The maximum atomic E-state index is 10.4. The van der Waals surface area contributed by atoms with E-state index >= 15 is 0 Å². The van der Waals surface area contributed by atoms with Gasteiger partial charge in [0.05, 0.1) is 44.5 Å². The van der Waals surface area contributed by atoms with Crippen LogP contribution in [-0.4, -0.2) is 16.2 Å². The number of rotatable bonds is 8. The maximum Gasteiger partial charge on any atom is 0.137 e. The molecule has 8 aromatic carbocycles. The van der Waals surface area contributed by atoms with Gasteiger partial charge in [0.15, 0.2) is 0 Å². The lowest BCUT2D eigenvalue weighted by atomic mass is 9.63. The minimum Gasteiger partial charge on any atom is -0.457 e. The van der Waals surface area contributed by atoms with Crippen molar-refractivity contribution in [2.24, 2.45) is 0 Å². The first-order chi connectivity index (χ1) is 42.5. The van der Waals surface area contributed by atoms with Gasteiger partial charge < -0.3 is 14.5 Å². The van der Waals surface area contributed by atoms with Gasteiger partial charge in [-0.25, -0.2) is 4.98 Å². The standard InChI is InChI=1S/C74H76N4O/c1-70(2,3)51-33-30-49(31-34-51)58-41-52(71(4,5)6)42-59(50-32-37-61-63(40-50)74(12,13)39-38-73(61,10)11)69(58)77-47-76(65-28-19-20-29-66(65)77)53-24-21-25-54(43-53)79-55-35-36-57-56-26-17-18-27-64(56)78(67(57)44-55)68-45-62(72(7,8)9)60(46-75-68)48-22-15-14-16-23-48/h14-37,40-46H,38-39,47H2,1-13H3/i14D,15D,16D,17D,18D,22D,23D,26D,27D,32D,37D,40D. The molecule has 5 heteroatoms. The Kier molecular flexibility index (Phi) is 9.44. The van der Waals surface area contributed by atoms with Crippen LogP contribution in [-0.2, 0) is 27.1 Å². The number of hydrogen-bond acceptors (Lipinski definition) is 4. The van der Waals surface area contributed by atoms with Crippen LogP contribution in [0, 0.1) is 0 Å². The zero-order valence-electron chi connectivity index (χ0n) is 59.8. The van der Waals surface area contributed by atoms with Gasteiger partial charge in [-0.1, -0.05) is 199 Å². The summed E-state index contributed by atoms with van der Waals surface area (Å²) >= 11 is 0. The maximum absolute atomic E-state index is 10.4. The smallest absolute Gasteiger partial charge is 0.137 e. The van der Waals surface area contributed by atoms with E-state index in [2.05, 4.69) is 128 Å². The van der Waals surface area contributed by atoms with E-state index in [0.29, 0.717) is 51.8 Å². The van der Waals surface area contributed by atoms with Crippen LogP contribution < -0.4 is 14.5 Å². The van der Waals surface area contributed by atoms with Gasteiger partial charge in [-0.3, -0.25) is 4.57 Å². The molecule has 398 valence electrons. The van der Waals surface area contributed by atoms with E-state index in [-0.39, 0.29) is 69.4 Å². The Morgan fingerprint density at radius 1 is 0.506 bits per heavy atom. The lowest BCUT2D eigenvalue weighted by molar-refractivity contribution is 0.332. The first-order valence-electron chi connectivity index (χ1n) is 33.5. The van der Waals surface area contributed by atoms with Gasteiger partial charge in [0, 0.05) is 51.5 Å². The molecule has 10 aromatic rings. The molecule has 0 bridgehead atoms. The number of ether oxygens (including phenoxy) is 1. The summed E-state index contributed by atoms with van der Waals surface area (Å²) in [5, 5.41) is 0.793. The molecule has 1 aliphatic carbocycles. The van der Waals surface area contributed by atoms with Gasteiger partial charge >= 0.3 is 0 Å². The van der Waals surface area contributed by atoms with Gasteiger partial charge in [-0.05, 0) is 145 Å². The summed E-state index contributed by atoms with van der Waals surface area (Å²) in [6.45, 7) is 28.0. The number of anilines is 4. The first-order valence-corrected chi connectivity index (χ1v) is 27.5. The lowest BCUT2D eigenvalue weighted by Crippen LogP contribution is -2.33. The molecule has 5 nitrogen and oxygen atoms in total. The average molecular weight is 1050 g/mol. The number of fused-ring (bicyclic) bond motifs is 5. The Morgan fingerprint density at radius 2 is 1.15 bits per heavy atom. The number of nitrogens with zero attached hydrogens (tertiary/aromatic N) is 4. The fourth-order valence-corrected chi connectivity index (χ4v) is 11.6. The van der Waals surface area contributed by atoms with Crippen LogP contribution in [0.25, 0.3) is 61.0 Å². The van der Waals surface area contributed by atoms with Crippen molar-refractivity contribution in [3.8, 4) is 50.7 Å². The molecule has 2 aliphatic rings. The van der Waals surface area contributed by atoms with Crippen LogP contribution >= 0.6 is 0 Å². The van der Waals surface area contributed by atoms with Crippen molar-refractivity contribution in [1.29, 1.82) is 0 Å². The number of benzene rings is 8. The van der Waals surface area contributed by atoms with E-state index < -0.39 is 46.5 Å². The molecule has 0 saturated carbocycles. The number of pyridine rings is 1. The molecular formula is C74H76N4O. The monoisotopic (exact) mass is 1050 g/mol. The van der Waals surface area contributed by atoms with Gasteiger partial charge in [-0.15, -0.1) is 0 Å². The van der Waals surface area contributed by atoms with E-state index in [1.807, 2.05) is 57.2 Å². The highest BCUT2D eigenvalue weighted by molar-refractivity contribution is 6.09. The van der Waals surface area contributed by atoms with E-state index in [0.717, 1.165) is 69.0 Å². The topological polar surface area (TPSA) is 33.5 Å². The largest absolute Gasteiger partial charge is 0.457 e. The molecule has 0 amide bonds. The van der Waals surface area contributed by atoms with Crippen LogP contribution in [0.1, 0.15) is 147 Å². The predicted octanol–water partition coefficient (Wildman–Crippen LogP) is 20.5. The van der Waals surface area contributed by atoms with Crippen molar-refractivity contribution in [3.05, 3.63) is 216 Å². The third-order valence-electron chi connectivity index (χ3n) is 16.3. The summed E-state index contributed by atoms with van der Waals surface area (Å²) in [5.74, 6) is 1.17. The highest BCUT2D eigenvalue weighted by Gasteiger charge is 2.38. The molecule has 79 heavy (non-hydrogen) atoms. The zero-order chi connectivity index (χ0) is 65.8. The minimum atomic E-state index is -0.681. The Balaban J connectivity index is 1.01. The second kappa shape index (κ2) is 18.9. The molecule has 0 spiro atoms. The fourth-order valence-electron chi connectivity index (χ4n) is 11.6. The van der Waals surface area contributed by atoms with Crippen LogP contribution in [0.3, 0.4) is 0 Å². The predicted molar refractivity (Wildman–Crippen MR) is 335 cm³/mol. The quantitative estimate of drug-likeness (QED) is 0.152. The fraction of sp³-hybridized carbons (Fsp3) is 0.284. The summed E-state index contributed by atoms with van der Waals surface area (Å²) in [5.41, 5.74) is 10.0. The third-order valence-corrected chi connectivity index (χ3v) is 16.3. The van der Waals surface area contributed by atoms with Crippen LogP contribution in [0.4, 0.5) is 22.7 Å². The Labute approximate surface area is 486 Å². The van der Waals surface area contributed by atoms with Crippen molar-refractivity contribution >= 4 is 44.6 Å². The van der Waals surface area contributed by atoms with Crippen LogP contribution in [0.5, 0.6) is 11.5 Å². The lowest BCUT2D eigenvalue weighted by Gasteiger charge is -2.42. The summed E-state index contributed by atoms with van der Waals surface area (Å²) in [4.78, 5) is 9.40. The van der Waals surface area contributed by atoms with E-state index in [1.165, 1.54) is 11.8 Å². The molecular weight excluding hydrogens is 961 g/mol. The molecule has 0 fully saturated rings. The van der Waals surface area contributed by atoms with Crippen molar-refractivity contribution in [1.82, 2.24) is 9.55 Å². The molecule has 3 heterocycles. The van der Waals surface area contributed by atoms with Crippen molar-refractivity contribution < 1.29 is 21.2 Å². The molecule has 2 aromatic heterocycles. The summed E-state index contributed by atoms with van der Waals surface area (Å²) in [6, 6.07) is 33.3. The summed E-state index contributed by atoms with van der Waals surface area (Å²) in [6.07, 6.45) is 3.17. The summed E-state index contributed by atoms with van der Waals surface area (Å²) < 4.78 is 118. The van der Waals surface area contributed by atoms with Gasteiger partial charge in [-0.2, -0.15) is 0 Å². The molecule has 0 unspecified atom stereocenters. The number of aromatic nitrogens is 2. The molecule has 0 N–H and O–H groups in total. The van der Waals surface area contributed by atoms with Gasteiger partial charge in [0.1, 0.15) is 24.0 Å². The number of hydrogen-bond donors (Lipinski definition) is 0. The van der Waals surface area contributed by atoms with Crippen molar-refractivity contribution in [3.63, 3.8) is 0 Å². The second-order valence-electron chi connectivity index (χ2n) is 25.9. The Bertz CT molecular complexity index is 4670. The van der Waals surface area contributed by atoms with Gasteiger partial charge in [0.25, 0.3) is 0 Å². The van der Waals surface area contributed by atoms with Gasteiger partial charge in [0.2, 0.25) is 0 Å². The molecule has 12 rings (SSSR count). The second-order valence-corrected chi connectivity index (χ2v) is 25.9. The SMILES string of the molecule is [2H]c1c([2H])c([2H])c(-c2cnc(-n3c4cc(Oc5cccc(N6CN(c7c(-c8ccc(C(C)(C)C)cc8)cc(C(C)(C)C)cc7-c7c([2H])c([2H])c8c(c7[2H])C(C)(C)CCC8(C)C)c7ccccc76)c5)ccc4c4c([2H])c([2H])c([2H])c([2H])c43)cc2C(C)(C)C)c([2H])c1[2H]. The van der Waals surface area contributed by atoms with Crippen molar-refractivity contribution in [2.45, 2.75) is 130 Å². The Hall–Kier alpha value is -7.89. The third kappa shape index (κ3) is 9.39. The first kappa shape index (κ1) is 39.5. The molecule has 0 radical (unpaired) electrons. The highest BCUT2D eigenvalue weighted by Crippen LogP contribution is 2.54. The number of para-hydroxylation sites is 3. The normalized spacial score (nSPS) is 17.3. The van der Waals surface area contributed by atoms with Crippen molar-refractivity contribution in [2.75, 3.05) is 16.5 Å². The van der Waals surface area contributed by atoms with Crippen LogP contribution in [0.2, 0.25) is 0 Å². The zero-order valence-corrected chi connectivity index (χ0v) is 47.8. The van der Waals surface area contributed by atoms with E-state index in [1.54, 1.807) is 28.8 Å². The summed E-state index contributed by atoms with van der Waals surface area (Å²) in [7, 11) is 0. The van der Waals surface area contributed by atoms with Crippen LogP contribution in [0.15, 0.2) is 188 Å².